The molecule has 3 N–H and O–H groups in total. The standard InChI is InChI=1S/C14H18Cl2N2O3/c1-8-9(7-11(17)14(19)20)6-10(15)13(12(8)16)18-2-4-21-5-3-18/h6,11H,2-5,7,17H2,1H3,(H,19,20). The highest BCUT2D eigenvalue weighted by molar-refractivity contribution is 6.39. The molecule has 1 atom stereocenters. The van der Waals surface area contributed by atoms with E-state index < -0.39 is 12.0 Å². The van der Waals surface area contributed by atoms with Crippen LogP contribution in [0.25, 0.3) is 0 Å². The molecule has 1 aliphatic rings. The van der Waals surface area contributed by atoms with Crippen molar-refractivity contribution in [3.05, 3.63) is 27.2 Å². The van der Waals surface area contributed by atoms with Gasteiger partial charge in [0.1, 0.15) is 6.04 Å². The third kappa shape index (κ3) is 3.61. The Hall–Kier alpha value is -1.01. The summed E-state index contributed by atoms with van der Waals surface area (Å²) in [5.74, 6) is -1.04. The van der Waals surface area contributed by atoms with Crippen LogP contribution in [0.4, 0.5) is 5.69 Å². The van der Waals surface area contributed by atoms with Crippen LogP contribution in [-0.2, 0) is 16.0 Å². The van der Waals surface area contributed by atoms with Crippen molar-refractivity contribution < 1.29 is 14.6 Å². The van der Waals surface area contributed by atoms with Crippen molar-refractivity contribution in [3.8, 4) is 0 Å². The van der Waals surface area contributed by atoms with E-state index >= 15 is 0 Å². The maximum atomic E-state index is 10.9. The van der Waals surface area contributed by atoms with Crippen LogP contribution in [0.2, 0.25) is 10.0 Å². The Morgan fingerprint density at radius 2 is 2.10 bits per heavy atom. The molecular weight excluding hydrogens is 315 g/mol. The molecule has 0 bridgehead atoms. The molecule has 1 saturated heterocycles. The van der Waals surface area contributed by atoms with Gasteiger partial charge in [0, 0.05) is 13.1 Å². The first-order chi connectivity index (χ1) is 9.91. The normalized spacial score (nSPS) is 16.9. The summed E-state index contributed by atoms with van der Waals surface area (Å²) in [4.78, 5) is 13.0. The number of ether oxygens (including phenoxy) is 1. The maximum absolute atomic E-state index is 10.9. The number of hydrogen-bond donors (Lipinski definition) is 2. The Kier molecular flexibility index (Phi) is 5.32. The zero-order valence-electron chi connectivity index (χ0n) is 11.7. The number of halogens is 2. The zero-order chi connectivity index (χ0) is 15.6. The number of morpholine rings is 1. The zero-order valence-corrected chi connectivity index (χ0v) is 13.2. The smallest absolute Gasteiger partial charge is 0.320 e. The van der Waals surface area contributed by atoms with Crippen LogP contribution < -0.4 is 10.6 Å². The number of benzene rings is 1. The number of carboxylic acid groups (broad SMARTS) is 1. The van der Waals surface area contributed by atoms with E-state index in [2.05, 4.69) is 4.90 Å². The number of nitrogens with two attached hydrogens (primary N) is 1. The van der Waals surface area contributed by atoms with E-state index in [9.17, 15) is 4.79 Å². The lowest BCUT2D eigenvalue weighted by Crippen LogP contribution is -2.37. The number of anilines is 1. The molecule has 0 saturated carbocycles. The van der Waals surface area contributed by atoms with E-state index in [4.69, 9.17) is 38.8 Å². The predicted molar refractivity (Wildman–Crippen MR) is 83.5 cm³/mol. The van der Waals surface area contributed by atoms with Crippen LogP contribution >= 0.6 is 23.2 Å². The molecule has 0 radical (unpaired) electrons. The first-order valence-electron chi connectivity index (χ1n) is 6.70. The second kappa shape index (κ2) is 6.83. The van der Waals surface area contributed by atoms with Crippen molar-refractivity contribution in [1.82, 2.24) is 0 Å². The minimum absolute atomic E-state index is 0.198. The second-order valence-electron chi connectivity index (χ2n) is 5.05. The molecule has 7 heteroatoms. The Morgan fingerprint density at radius 1 is 1.48 bits per heavy atom. The van der Waals surface area contributed by atoms with Gasteiger partial charge < -0.3 is 20.5 Å². The molecular formula is C14H18Cl2N2O3. The minimum atomic E-state index is -1.04. The maximum Gasteiger partial charge on any atom is 0.320 e. The van der Waals surface area contributed by atoms with Gasteiger partial charge in [0.25, 0.3) is 0 Å². The van der Waals surface area contributed by atoms with Gasteiger partial charge in [0.05, 0.1) is 28.9 Å². The summed E-state index contributed by atoms with van der Waals surface area (Å²) in [6, 6.07) is 0.793. The highest BCUT2D eigenvalue weighted by Crippen LogP contribution is 2.38. The van der Waals surface area contributed by atoms with Crippen LogP contribution in [0.15, 0.2) is 6.07 Å². The molecule has 0 amide bonds. The quantitative estimate of drug-likeness (QED) is 0.882. The molecule has 116 valence electrons. The van der Waals surface area contributed by atoms with Gasteiger partial charge in [0.15, 0.2) is 0 Å². The Morgan fingerprint density at radius 3 is 2.67 bits per heavy atom. The van der Waals surface area contributed by atoms with Gasteiger partial charge in [-0.15, -0.1) is 0 Å². The van der Waals surface area contributed by atoms with E-state index in [0.717, 1.165) is 29.9 Å². The van der Waals surface area contributed by atoms with E-state index in [1.54, 1.807) is 6.07 Å². The molecule has 1 aromatic carbocycles. The summed E-state index contributed by atoms with van der Waals surface area (Å²) in [5.41, 5.74) is 7.95. The largest absolute Gasteiger partial charge is 0.480 e. The number of aliphatic carboxylic acids is 1. The molecule has 1 unspecified atom stereocenters. The van der Waals surface area contributed by atoms with Crippen LogP contribution in [0.3, 0.4) is 0 Å². The Bertz CT molecular complexity index is 546. The monoisotopic (exact) mass is 332 g/mol. The van der Waals surface area contributed by atoms with Gasteiger partial charge in [-0.05, 0) is 30.5 Å². The highest BCUT2D eigenvalue weighted by atomic mass is 35.5. The van der Waals surface area contributed by atoms with Gasteiger partial charge in [-0.1, -0.05) is 23.2 Å². The fourth-order valence-corrected chi connectivity index (χ4v) is 3.10. The Balaban J connectivity index is 2.33. The van der Waals surface area contributed by atoms with Crippen molar-refractivity contribution in [2.24, 2.45) is 5.73 Å². The van der Waals surface area contributed by atoms with Crippen molar-refractivity contribution >= 4 is 34.9 Å². The molecule has 21 heavy (non-hydrogen) atoms. The Labute approximate surface area is 133 Å². The molecule has 1 fully saturated rings. The van der Waals surface area contributed by atoms with E-state index in [0.29, 0.717) is 23.3 Å². The van der Waals surface area contributed by atoms with Gasteiger partial charge in [-0.3, -0.25) is 4.79 Å². The molecule has 1 aliphatic heterocycles. The van der Waals surface area contributed by atoms with Crippen molar-refractivity contribution in [1.29, 1.82) is 0 Å². The molecule has 1 heterocycles. The molecule has 2 rings (SSSR count). The molecule has 0 spiro atoms. The van der Waals surface area contributed by atoms with Crippen LogP contribution in [0, 0.1) is 6.92 Å². The number of rotatable bonds is 4. The van der Waals surface area contributed by atoms with Crippen molar-refractivity contribution in [3.63, 3.8) is 0 Å². The first-order valence-corrected chi connectivity index (χ1v) is 7.46. The molecule has 1 aromatic rings. The van der Waals surface area contributed by atoms with E-state index in [-0.39, 0.29) is 6.42 Å². The lowest BCUT2D eigenvalue weighted by Gasteiger charge is -2.31. The summed E-state index contributed by atoms with van der Waals surface area (Å²) in [5, 5.41) is 9.98. The van der Waals surface area contributed by atoms with Crippen molar-refractivity contribution in [2.45, 2.75) is 19.4 Å². The second-order valence-corrected chi connectivity index (χ2v) is 5.84. The average molecular weight is 333 g/mol. The highest BCUT2D eigenvalue weighted by Gasteiger charge is 2.22. The first kappa shape index (κ1) is 16.4. The third-order valence-corrected chi connectivity index (χ3v) is 4.38. The molecule has 5 nitrogen and oxygen atoms in total. The average Bonchev–Trinajstić information content (AvgIpc) is 2.45. The van der Waals surface area contributed by atoms with Crippen LogP contribution in [0.1, 0.15) is 11.1 Å². The fourth-order valence-electron chi connectivity index (χ4n) is 2.37. The summed E-state index contributed by atoms with van der Waals surface area (Å²) in [7, 11) is 0. The lowest BCUT2D eigenvalue weighted by atomic mass is 10.00. The molecule has 0 aliphatic carbocycles. The number of carbonyl (C=O) groups is 1. The summed E-state index contributed by atoms with van der Waals surface area (Å²) in [6.07, 6.45) is 0.198. The summed E-state index contributed by atoms with van der Waals surface area (Å²) >= 11 is 12.8. The number of carboxylic acids is 1. The summed E-state index contributed by atoms with van der Waals surface area (Å²) < 4.78 is 5.32. The van der Waals surface area contributed by atoms with Gasteiger partial charge in [-0.2, -0.15) is 0 Å². The number of hydrogen-bond acceptors (Lipinski definition) is 4. The SMILES string of the molecule is Cc1c(CC(N)C(=O)O)cc(Cl)c(N2CCOCC2)c1Cl. The van der Waals surface area contributed by atoms with Gasteiger partial charge >= 0.3 is 5.97 Å². The van der Waals surface area contributed by atoms with Crippen LogP contribution in [-0.4, -0.2) is 43.4 Å². The third-order valence-electron chi connectivity index (χ3n) is 3.63. The van der Waals surface area contributed by atoms with Crippen molar-refractivity contribution in [2.75, 3.05) is 31.2 Å². The lowest BCUT2D eigenvalue weighted by molar-refractivity contribution is -0.138. The predicted octanol–water partition coefficient (Wildman–Crippen LogP) is 2.09. The van der Waals surface area contributed by atoms with E-state index in [1.807, 2.05) is 6.92 Å². The molecule has 0 aromatic heterocycles. The summed E-state index contributed by atoms with van der Waals surface area (Å²) in [6.45, 7) is 4.58. The number of nitrogens with zero attached hydrogens (tertiary/aromatic N) is 1. The fraction of sp³-hybridized carbons (Fsp3) is 0.500. The minimum Gasteiger partial charge on any atom is -0.480 e. The van der Waals surface area contributed by atoms with Crippen LogP contribution in [0.5, 0.6) is 0 Å². The topological polar surface area (TPSA) is 75.8 Å². The van der Waals surface area contributed by atoms with Gasteiger partial charge in [-0.25, -0.2) is 0 Å². The van der Waals surface area contributed by atoms with E-state index in [1.165, 1.54) is 0 Å². The van der Waals surface area contributed by atoms with Gasteiger partial charge in [0.2, 0.25) is 0 Å².